The van der Waals surface area contributed by atoms with E-state index in [1.54, 1.807) is 26.2 Å². The smallest absolute Gasteiger partial charge is 0.327 e. The molecule has 1 spiro atoms. The highest BCUT2D eigenvalue weighted by atomic mass is 16.5. The van der Waals surface area contributed by atoms with Crippen molar-refractivity contribution in [3.63, 3.8) is 0 Å². The average molecular weight is 512 g/mol. The molecule has 0 bridgehead atoms. The Bertz CT molecular complexity index is 1010. The number of aliphatic hydroxyl groups is 1. The van der Waals surface area contributed by atoms with Crippen molar-refractivity contribution < 1.29 is 24.2 Å². The first-order valence-electron chi connectivity index (χ1n) is 12.7. The molecule has 0 saturated carbocycles. The van der Waals surface area contributed by atoms with Crippen LogP contribution in [0.15, 0.2) is 54.6 Å². The number of urea groups is 1. The van der Waals surface area contributed by atoms with Crippen LogP contribution >= 0.6 is 0 Å². The van der Waals surface area contributed by atoms with E-state index in [0.29, 0.717) is 12.8 Å². The second-order valence-corrected chi connectivity index (χ2v) is 8.60. The Morgan fingerprint density at radius 2 is 1.51 bits per heavy atom. The Balaban J connectivity index is 0.00000115. The maximum absolute atomic E-state index is 13.4. The van der Waals surface area contributed by atoms with Crippen LogP contribution in [0.5, 0.6) is 11.5 Å². The van der Waals surface area contributed by atoms with E-state index in [1.807, 2.05) is 74.5 Å². The zero-order valence-corrected chi connectivity index (χ0v) is 22.9. The van der Waals surface area contributed by atoms with Gasteiger partial charge in [-0.05, 0) is 36.1 Å². The van der Waals surface area contributed by atoms with Crippen LogP contribution in [0, 0.1) is 0 Å². The Hall–Kier alpha value is -3.36. The van der Waals surface area contributed by atoms with E-state index in [-0.39, 0.29) is 18.5 Å². The molecule has 1 N–H and O–H groups in total. The number of ether oxygens (including phenoxy) is 2. The van der Waals surface area contributed by atoms with Gasteiger partial charge in [-0.15, -0.1) is 0 Å². The summed E-state index contributed by atoms with van der Waals surface area (Å²) in [5.41, 5.74) is 1.39. The maximum Gasteiger partial charge on any atom is 0.327 e. The lowest BCUT2D eigenvalue weighted by atomic mass is 9.86. The van der Waals surface area contributed by atoms with Crippen molar-refractivity contribution in [1.29, 1.82) is 0 Å². The molecule has 37 heavy (non-hydrogen) atoms. The number of aliphatic hydroxyl groups excluding tert-OH is 1. The van der Waals surface area contributed by atoms with Crippen LogP contribution in [-0.2, 0) is 11.3 Å². The van der Waals surface area contributed by atoms with Crippen LogP contribution in [0.1, 0.15) is 37.8 Å². The Morgan fingerprint density at radius 1 is 0.946 bits per heavy atom. The number of piperidine rings is 1. The molecule has 2 aromatic rings. The lowest BCUT2D eigenvalue weighted by Gasteiger charge is -2.40. The fourth-order valence-corrected chi connectivity index (χ4v) is 4.71. The molecule has 8 nitrogen and oxygen atoms in total. The molecule has 3 amide bonds. The number of hydrogen-bond donors (Lipinski definition) is 1. The fourth-order valence-electron chi connectivity index (χ4n) is 4.71. The Labute approximate surface area is 221 Å². The molecule has 0 aliphatic carbocycles. The summed E-state index contributed by atoms with van der Waals surface area (Å²) in [5, 5.41) is 7.00. The molecular formula is C29H41N3O5. The fraction of sp³-hybridized carbons (Fsp3) is 0.448. The van der Waals surface area contributed by atoms with Crippen molar-refractivity contribution in [3.8, 4) is 11.5 Å². The Morgan fingerprint density at radius 3 is 2.05 bits per heavy atom. The van der Waals surface area contributed by atoms with E-state index < -0.39 is 5.54 Å². The predicted octanol–water partition coefficient (Wildman–Crippen LogP) is 4.28. The Kier molecular flexibility index (Phi) is 11.6. The standard InChI is InChI=1S/C26H31N3O4.C2H6.CH4O/c1-27-25(31)29(13-7-10-20-8-5-4-6-9-20)24(30)26(27)11-14-28(15-12-26)19-21-16-22(32-2)18-23(17-21)33-3;2*1-2/h4-10,16-18H,11-15,19H2,1-3H3;1-2H3;2H,1H3/b10-7+;;. The molecule has 0 radical (unpaired) electrons. The molecule has 2 fully saturated rings. The number of likely N-dealkylation sites (tertiary alicyclic amines) is 1. The molecule has 2 aromatic carbocycles. The summed E-state index contributed by atoms with van der Waals surface area (Å²) in [6, 6.07) is 15.5. The predicted molar refractivity (Wildman–Crippen MR) is 147 cm³/mol. The number of carbonyl (C=O) groups is 2. The number of methoxy groups -OCH3 is 2. The monoisotopic (exact) mass is 511 g/mol. The third-order valence-electron chi connectivity index (χ3n) is 6.70. The molecule has 0 atom stereocenters. The molecule has 2 saturated heterocycles. The van der Waals surface area contributed by atoms with Crippen LogP contribution in [0.3, 0.4) is 0 Å². The normalized spacial score (nSPS) is 16.8. The third kappa shape index (κ3) is 6.90. The largest absolute Gasteiger partial charge is 0.497 e. The van der Waals surface area contributed by atoms with Gasteiger partial charge in [0.15, 0.2) is 0 Å². The van der Waals surface area contributed by atoms with E-state index in [1.165, 1.54) is 4.90 Å². The number of imide groups is 1. The van der Waals surface area contributed by atoms with Gasteiger partial charge in [0.2, 0.25) is 0 Å². The molecule has 2 heterocycles. The van der Waals surface area contributed by atoms with Crippen LogP contribution in [0.4, 0.5) is 4.79 Å². The summed E-state index contributed by atoms with van der Waals surface area (Å²) in [6.07, 6.45) is 5.06. The molecule has 202 valence electrons. The van der Waals surface area contributed by atoms with Crippen LogP contribution in [0.25, 0.3) is 6.08 Å². The van der Waals surface area contributed by atoms with Gasteiger partial charge in [0.1, 0.15) is 17.0 Å². The van der Waals surface area contributed by atoms with E-state index in [4.69, 9.17) is 14.6 Å². The molecular weight excluding hydrogens is 470 g/mol. The van der Waals surface area contributed by atoms with Gasteiger partial charge in [0.25, 0.3) is 5.91 Å². The summed E-state index contributed by atoms with van der Waals surface area (Å²) in [7, 11) is 6.04. The third-order valence-corrected chi connectivity index (χ3v) is 6.70. The van der Waals surface area contributed by atoms with E-state index in [9.17, 15) is 9.59 Å². The van der Waals surface area contributed by atoms with Crippen LogP contribution in [-0.4, -0.2) is 85.3 Å². The van der Waals surface area contributed by atoms with Crippen molar-refractivity contribution >= 4 is 18.0 Å². The van der Waals surface area contributed by atoms with Gasteiger partial charge < -0.3 is 19.5 Å². The quantitative estimate of drug-likeness (QED) is 0.559. The van der Waals surface area contributed by atoms with Gasteiger partial charge >= 0.3 is 6.03 Å². The summed E-state index contributed by atoms with van der Waals surface area (Å²) < 4.78 is 10.8. The van der Waals surface area contributed by atoms with Crippen molar-refractivity contribution in [2.45, 2.75) is 38.8 Å². The minimum absolute atomic E-state index is 0.0876. The van der Waals surface area contributed by atoms with Gasteiger partial charge in [-0.1, -0.05) is 56.3 Å². The molecule has 4 rings (SSSR count). The first kappa shape index (κ1) is 29.9. The molecule has 2 aliphatic heterocycles. The number of amides is 3. The number of likely N-dealkylation sites (N-methyl/N-ethyl adjacent to an activating group) is 1. The summed E-state index contributed by atoms with van der Waals surface area (Å²) in [5.74, 6) is 1.43. The minimum atomic E-state index is -0.750. The summed E-state index contributed by atoms with van der Waals surface area (Å²) >= 11 is 0. The zero-order valence-electron chi connectivity index (χ0n) is 22.9. The van der Waals surface area contributed by atoms with Gasteiger partial charge in [-0.2, -0.15) is 0 Å². The second kappa shape index (κ2) is 14.4. The zero-order chi connectivity index (χ0) is 27.4. The highest BCUT2D eigenvalue weighted by molar-refractivity contribution is 6.07. The highest BCUT2D eigenvalue weighted by Gasteiger charge is 2.56. The number of carbonyl (C=O) groups excluding carboxylic acids is 2. The first-order valence-corrected chi connectivity index (χ1v) is 12.7. The molecule has 0 aromatic heterocycles. The SMILES string of the molecule is CC.CO.COc1cc(CN2CCC3(CC2)C(=O)N(C/C=C/c2ccccc2)C(=O)N3C)cc(OC)c1. The van der Waals surface area contributed by atoms with Crippen molar-refractivity contribution in [3.05, 3.63) is 65.7 Å². The minimum Gasteiger partial charge on any atom is -0.497 e. The van der Waals surface area contributed by atoms with E-state index >= 15 is 0 Å². The van der Waals surface area contributed by atoms with Gasteiger partial charge in [0.05, 0.1) is 14.2 Å². The second-order valence-electron chi connectivity index (χ2n) is 8.60. The summed E-state index contributed by atoms with van der Waals surface area (Å²) in [4.78, 5) is 31.6. The van der Waals surface area contributed by atoms with E-state index in [0.717, 1.165) is 49.4 Å². The van der Waals surface area contributed by atoms with Crippen LogP contribution in [0.2, 0.25) is 0 Å². The van der Waals surface area contributed by atoms with Gasteiger partial charge in [-0.25, -0.2) is 4.79 Å². The topological polar surface area (TPSA) is 82.6 Å². The van der Waals surface area contributed by atoms with Crippen LogP contribution < -0.4 is 9.47 Å². The number of nitrogens with zero attached hydrogens (tertiary/aromatic N) is 3. The lowest BCUT2D eigenvalue weighted by Crippen LogP contribution is -2.55. The summed E-state index contributed by atoms with van der Waals surface area (Å²) in [6.45, 7) is 6.48. The average Bonchev–Trinajstić information content (AvgIpc) is 3.13. The van der Waals surface area contributed by atoms with Gasteiger partial charge in [0, 0.05) is 46.4 Å². The number of benzene rings is 2. The lowest BCUT2D eigenvalue weighted by molar-refractivity contribution is -0.135. The van der Waals surface area contributed by atoms with Crippen molar-refractivity contribution in [2.24, 2.45) is 0 Å². The maximum atomic E-state index is 13.4. The highest BCUT2D eigenvalue weighted by Crippen LogP contribution is 2.36. The molecule has 8 heteroatoms. The molecule has 0 unspecified atom stereocenters. The number of rotatable bonds is 7. The van der Waals surface area contributed by atoms with Gasteiger partial charge in [-0.3, -0.25) is 14.6 Å². The van der Waals surface area contributed by atoms with Crippen molar-refractivity contribution in [2.75, 3.05) is 48.0 Å². The first-order chi connectivity index (χ1) is 18.0. The number of hydrogen-bond acceptors (Lipinski definition) is 6. The van der Waals surface area contributed by atoms with E-state index in [2.05, 4.69) is 4.90 Å². The molecule has 2 aliphatic rings. The van der Waals surface area contributed by atoms with Crippen molar-refractivity contribution in [1.82, 2.24) is 14.7 Å².